The molecular formula is C21H29N5O3S. The molecule has 2 aromatic heterocycles. The smallest absolute Gasteiger partial charge is 0.211 e. The van der Waals surface area contributed by atoms with Gasteiger partial charge in [0.1, 0.15) is 5.82 Å². The van der Waals surface area contributed by atoms with Crippen LogP contribution in [-0.4, -0.2) is 72.4 Å². The Bertz CT molecular complexity index is 1030. The highest BCUT2D eigenvalue weighted by Crippen LogP contribution is 2.45. The number of hydrogen-bond acceptors (Lipinski definition) is 7. The summed E-state index contributed by atoms with van der Waals surface area (Å²) < 4.78 is 24.8. The molecule has 3 fully saturated rings. The van der Waals surface area contributed by atoms with Crippen molar-refractivity contribution >= 4 is 26.6 Å². The molecule has 0 amide bonds. The number of piperidine rings is 1. The average Bonchev–Trinajstić information content (AvgIpc) is 3.30. The summed E-state index contributed by atoms with van der Waals surface area (Å²) in [5.74, 6) is 2.68. The molecule has 1 aliphatic carbocycles. The fourth-order valence-electron chi connectivity index (χ4n) is 5.44. The predicted molar refractivity (Wildman–Crippen MR) is 116 cm³/mol. The van der Waals surface area contributed by atoms with Gasteiger partial charge in [0.2, 0.25) is 10.0 Å². The van der Waals surface area contributed by atoms with Gasteiger partial charge in [0.25, 0.3) is 0 Å². The minimum absolute atomic E-state index is 0.107. The predicted octanol–water partition coefficient (Wildman–Crippen LogP) is 1.15. The molecule has 0 aromatic carbocycles. The van der Waals surface area contributed by atoms with E-state index in [-0.39, 0.29) is 12.6 Å². The third-order valence-electron chi connectivity index (χ3n) is 7.07. The van der Waals surface area contributed by atoms with Crippen molar-refractivity contribution in [1.29, 1.82) is 0 Å². The van der Waals surface area contributed by atoms with Crippen molar-refractivity contribution in [3.8, 4) is 0 Å². The minimum Gasteiger partial charge on any atom is -0.390 e. The van der Waals surface area contributed by atoms with Gasteiger partial charge in [-0.1, -0.05) is 0 Å². The van der Waals surface area contributed by atoms with E-state index >= 15 is 0 Å². The van der Waals surface area contributed by atoms with E-state index in [1.807, 2.05) is 24.5 Å². The highest BCUT2D eigenvalue weighted by atomic mass is 32.2. The van der Waals surface area contributed by atoms with Crippen molar-refractivity contribution < 1.29 is 13.5 Å². The lowest BCUT2D eigenvalue weighted by atomic mass is 9.96. The maximum absolute atomic E-state index is 11.7. The number of β-amino-alcohol motifs (C(OH)–C–C–N with tert-alkyl or cyclic N) is 1. The Morgan fingerprint density at radius 3 is 2.70 bits per heavy atom. The lowest BCUT2D eigenvalue weighted by Gasteiger charge is -2.35. The first-order chi connectivity index (χ1) is 14.4. The Balaban J connectivity index is 1.36. The Hall–Kier alpha value is -1.81. The zero-order valence-corrected chi connectivity index (χ0v) is 18.0. The molecule has 4 atom stereocenters. The number of hydrogen-bond donors (Lipinski definition) is 3. The fourth-order valence-corrected chi connectivity index (χ4v) is 6.30. The summed E-state index contributed by atoms with van der Waals surface area (Å²) in [7, 11) is -3.29. The number of rotatable bonds is 4. The highest BCUT2D eigenvalue weighted by molar-refractivity contribution is 7.88. The molecule has 4 heterocycles. The first kappa shape index (κ1) is 20.1. The third-order valence-corrected chi connectivity index (χ3v) is 8.34. The number of fused-ring (bicyclic) bond motifs is 2. The lowest BCUT2D eigenvalue weighted by Crippen LogP contribution is -2.51. The lowest BCUT2D eigenvalue weighted by molar-refractivity contribution is 0.0952. The molecule has 5 rings (SSSR count). The van der Waals surface area contributed by atoms with E-state index in [4.69, 9.17) is 4.98 Å². The zero-order valence-electron chi connectivity index (χ0n) is 17.2. The quantitative estimate of drug-likeness (QED) is 0.667. The number of aliphatic hydroxyl groups is 1. The molecule has 0 spiro atoms. The van der Waals surface area contributed by atoms with Crippen LogP contribution in [0.15, 0.2) is 24.5 Å². The first-order valence-corrected chi connectivity index (χ1v) is 12.6. The molecule has 0 unspecified atom stereocenters. The SMILES string of the molecule is CS(=O)(=O)N1CC[C@@H](Nc2cc3c(C4C[C@H]5CNC[C@@H]5C4)nccc3cn2)[C@H](O)C1. The summed E-state index contributed by atoms with van der Waals surface area (Å²) in [5, 5.41) is 19.5. The molecule has 2 saturated heterocycles. The van der Waals surface area contributed by atoms with E-state index < -0.39 is 16.1 Å². The number of sulfonamides is 1. The van der Waals surface area contributed by atoms with Crippen LogP contribution < -0.4 is 10.6 Å². The van der Waals surface area contributed by atoms with Crippen molar-refractivity contribution in [2.24, 2.45) is 11.8 Å². The Labute approximate surface area is 177 Å². The normalized spacial score (nSPS) is 30.6. The van der Waals surface area contributed by atoms with Gasteiger partial charge in [-0.05, 0) is 56.3 Å². The topological polar surface area (TPSA) is 107 Å². The van der Waals surface area contributed by atoms with Crippen molar-refractivity contribution in [1.82, 2.24) is 19.6 Å². The molecule has 3 aliphatic rings. The van der Waals surface area contributed by atoms with Crippen LogP contribution in [0.3, 0.4) is 0 Å². The summed E-state index contributed by atoms with van der Waals surface area (Å²) in [6.07, 6.45) is 7.03. The number of nitrogens with zero attached hydrogens (tertiary/aromatic N) is 3. The number of aromatic nitrogens is 2. The van der Waals surface area contributed by atoms with Gasteiger partial charge >= 0.3 is 0 Å². The summed E-state index contributed by atoms with van der Waals surface area (Å²) >= 11 is 0. The average molecular weight is 432 g/mol. The maximum atomic E-state index is 11.7. The van der Waals surface area contributed by atoms with Gasteiger partial charge in [0.05, 0.1) is 24.1 Å². The van der Waals surface area contributed by atoms with Crippen LogP contribution in [0.1, 0.15) is 30.9 Å². The number of aliphatic hydroxyl groups excluding tert-OH is 1. The van der Waals surface area contributed by atoms with Gasteiger partial charge in [0.15, 0.2) is 0 Å². The molecule has 2 aromatic rings. The molecular weight excluding hydrogens is 402 g/mol. The summed E-state index contributed by atoms with van der Waals surface area (Å²) in [6, 6.07) is 3.80. The monoisotopic (exact) mass is 431 g/mol. The second kappa shape index (κ2) is 7.71. The first-order valence-electron chi connectivity index (χ1n) is 10.7. The highest BCUT2D eigenvalue weighted by Gasteiger charge is 2.39. The van der Waals surface area contributed by atoms with E-state index in [0.717, 1.165) is 41.4 Å². The van der Waals surface area contributed by atoms with E-state index in [2.05, 4.69) is 15.6 Å². The summed E-state index contributed by atoms with van der Waals surface area (Å²) in [5.41, 5.74) is 1.15. The van der Waals surface area contributed by atoms with Crippen LogP contribution in [0.2, 0.25) is 0 Å². The molecule has 0 bridgehead atoms. The van der Waals surface area contributed by atoms with E-state index in [1.54, 1.807) is 0 Å². The molecule has 3 N–H and O–H groups in total. The van der Waals surface area contributed by atoms with Gasteiger partial charge in [-0.3, -0.25) is 4.98 Å². The second-order valence-corrected chi connectivity index (χ2v) is 11.0. The van der Waals surface area contributed by atoms with Gasteiger partial charge < -0.3 is 15.7 Å². The van der Waals surface area contributed by atoms with E-state index in [1.165, 1.54) is 23.4 Å². The van der Waals surface area contributed by atoms with Crippen LogP contribution in [0.5, 0.6) is 0 Å². The van der Waals surface area contributed by atoms with Gasteiger partial charge in [-0.2, -0.15) is 4.31 Å². The third kappa shape index (κ3) is 3.79. The maximum Gasteiger partial charge on any atom is 0.211 e. The standard InChI is InChI=1S/C21H29N5O3S/c1-30(28,29)26-5-3-18(19(27)12-26)25-20-8-17-13(11-24-20)2-4-23-21(17)14-6-15-9-22-10-16(15)7-14/h2,4,8,11,14-16,18-19,22,27H,3,5-7,9-10,12H2,1H3,(H,24,25)/t15-,16-,18+,19+/m0/s1. The van der Waals surface area contributed by atoms with Crippen LogP contribution in [0, 0.1) is 11.8 Å². The molecule has 9 heteroatoms. The van der Waals surface area contributed by atoms with E-state index in [9.17, 15) is 13.5 Å². The molecule has 30 heavy (non-hydrogen) atoms. The number of pyridine rings is 2. The van der Waals surface area contributed by atoms with Gasteiger partial charge in [-0.25, -0.2) is 13.4 Å². The van der Waals surface area contributed by atoms with Crippen molar-refractivity contribution in [2.45, 2.75) is 37.3 Å². The Morgan fingerprint density at radius 1 is 1.23 bits per heavy atom. The number of anilines is 1. The second-order valence-electron chi connectivity index (χ2n) is 9.06. The molecule has 2 aliphatic heterocycles. The van der Waals surface area contributed by atoms with Crippen LogP contribution >= 0.6 is 0 Å². The molecule has 0 radical (unpaired) electrons. The molecule has 8 nitrogen and oxygen atoms in total. The summed E-state index contributed by atoms with van der Waals surface area (Å²) in [4.78, 5) is 9.29. The van der Waals surface area contributed by atoms with Crippen LogP contribution in [0.4, 0.5) is 5.82 Å². The Kier molecular flexibility index (Phi) is 5.17. The van der Waals surface area contributed by atoms with Crippen molar-refractivity contribution in [3.63, 3.8) is 0 Å². The molecule has 1 saturated carbocycles. The van der Waals surface area contributed by atoms with E-state index in [0.29, 0.717) is 24.7 Å². The minimum atomic E-state index is -3.29. The summed E-state index contributed by atoms with van der Waals surface area (Å²) in [6.45, 7) is 2.73. The van der Waals surface area contributed by atoms with Crippen molar-refractivity contribution in [2.75, 3.05) is 37.8 Å². The van der Waals surface area contributed by atoms with Crippen molar-refractivity contribution in [3.05, 3.63) is 30.2 Å². The fraction of sp³-hybridized carbons (Fsp3) is 0.619. The van der Waals surface area contributed by atoms with Crippen LogP contribution in [0.25, 0.3) is 10.8 Å². The van der Waals surface area contributed by atoms with Crippen LogP contribution in [-0.2, 0) is 10.0 Å². The van der Waals surface area contributed by atoms with Gasteiger partial charge in [0, 0.05) is 42.2 Å². The largest absolute Gasteiger partial charge is 0.390 e. The molecule has 162 valence electrons. The number of nitrogens with one attached hydrogen (secondary N) is 2. The Morgan fingerprint density at radius 2 is 2.00 bits per heavy atom. The van der Waals surface area contributed by atoms with Gasteiger partial charge in [-0.15, -0.1) is 0 Å². The zero-order chi connectivity index (χ0) is 20.9.